The molecule has 0 N–H and O–H groups in total. The molecule has 1 aromatic heterocycles. The predicted octanol–water partition coefficient (Wildman–Crippen LogP) is 7.77. The molecule has 0 unspecified atom stereocenters. The minimum atomic E-state index is -0.0520. The molecule has 1 aromatic carbocycles. The summed E-state index contributed by atoms with van der Waals surface area (Å²) in [5, 5.41) is 1.15. The van der Waals surface area contributed by atoms with Crippen molar-refractivity contribution >= 4 is 16.5 Å². The Balaban J connectivity index is 1.26. The average Bonchev–Trinajstić information content (AvgIpc) is 3.15. The highest BCUT2D eigenvalue weighted by atomic mass is 16.5. The third-order valence-electron chi connectivity index (χ3n) is 9.98. The van der Waals surface area contributed by atoms with Gasteiger partial charge in [0, 0.05) is 11.6 Å². The van der Waals surface area contributed by atoms with Gasteiger partial charge in [0.2, 0.25) is 0 Å². The first-order chi connectivity index (χ1) is 16.2. The summed E-state index contributed by atoms with van der Waals surface area (Å²) in [4.78, 5) is 8.68. The van der Waals surface area contributed by atoms with Crippen molar-refractivity contribution in [1.82, 2.24) is 9.97 Å². The molecule has 0 spiro atoms. The molecule has 180 valence electrons. The van der Waals surface area contributed by atoms with Crippen molar-refractivity contribution in [2.24, 2.45) is 28.6 Å². The second-order valence-electron chi connectivity index (χ2n) is 13.0. The van der Waals surface area contributed by atoms with Gasteiger partial charge in [-0.3, -0.25) is 0 Å². The van der Waals surface area contributed by atoms with Gasteiger partial charge in [0.05, 0.1) is 17.2 Å². The Kier molecular flexibility index (Phi) is 5.12. The van der Waals surface area contributed by atoms with Gasteiger partial charge in [-0.15, -0.1) is 0 Å². The van der Waals surface area contributed by atoms with Crippen molar-refractivity contribution in [2.75, 3.05) is 0 Å². The van der Waals surface area contributed by atoms with Gasteiger partial charge < -0.3 is 4.74 Å². The molecule has 3 heteroatoms. The first kappa shape index (κ1) is 22.5. The standard InChI is InChI=1S/C31H40N2O/c1-29(2,3)34-23-12-14-30(4)22(17-23)7-8-24-26-10-9-25(31(26,5)15-13-27(24)30)20-6-11-28-21(16-20)18-32-19-33-28/h6-7,9,11,16,18-19,23-24,26-27H,8,10,12-15,17H2,1-5H3/t23-,24+,26+,27+,30+,31-/m1/s1. The molecule has 3 nitrogen and oxygen atoms in total. The SMILES string of the molecule is CC(C)(C)O[C@@H]1CC[C@@]2(C)C(=CC[C@@H]3[C@@H]2CC[C@]2(C)C(c4ccc5ncncc5c4)=CC[C@@H]32)C1. The van der Waals surface area contributed by atoms with Crippen LogP contribution in [-0.2, 0) is 4.74 Å². The lowest BCUT2D eigenvalue weighted by atomic mass is 9.47. The van der Waals surface area contributed by atoms with Gasteiger partial charge >= 0.3 is 0 Å². The van der Waals surface area contributed by atoms with Crippen LogP contribution < -0.4 is 0 Å². The fourth-order valence-electron chi connectivity index (χ4n) is 8.40. The van der Waals surface area contributed by atoms with E-state index in [1.54, 1.807) is 17.5 Å². The average molecular weight is 457 g/mol. The summed E-state index contributed by atoms with van der Waals surface area (Å²) >= 11 is 0. The maximum absolute atomic E-state index is 6.43. The molecule has 1 heterocycles. The summed E-state index contributed by atoms with van der Waals surface area (Å²) in [5.41, 5.74) is 6.28. The van der Waals surface area contributed by atoms with Crippen LogP contribution >= 0.6 is 0 Å². The first-order valence-corrected chi connectivity index (χ1v) is 13.5. The molecule has 0 aliphatic heterocycles. The lowest BCUT2D eigenvalue weighted by molar-refractivity contribution is -0.0894. The fraction of sp³-hybridized carbons (Fsp3) is 0.613. The normalized spacial score (nSPS) is 37.4. The number of rotatable bonds is 2. The molecule has 2 fully saturated rings. The van der Waals surface area contributed by atoms with Gasteiger partial charge in [0.15, 0.2) is 0 Å². The Hall–Kier alpha value is -2.00. The summed E-state index contributed by atoms with van der Waals surface area (Å²) in [6.45, 7) is 11.7. The lowest BCUT2D eigenvalue weighted by Gasteiger charge is -2.58. The summed E-state index contributed by atoms with van der Waals surface area (Å²) in [6.07, 6.45) is 18.0. The van der Waals surface area contributed by atoms with E-state index < -0.39 is 0 Å². The monoisotopic (exact) mass is 456 g/mol. The van der Waals surface area contributed by atoms with Gasteiger partial charge in [-0.1, -0.05) is 37.6 Å². The number of hydrogen-bond acceptors (Lipinski definition) is 3. The molecule has 0 saturated heterocycles. The van der Waals surface area contributed by atoms with Crippen LogP contribution in [0.25, 0.3) is 16.5 Å². The molecule has 0 bridgehead atoms. The minimum absolute atomic E-state index is 0.0520. The van der Waals surface area contributed by atoms with Crippen molar-refractivity contribution in [3.8, 4) is 0 Å². The number of allylic oxidation sites excluding steroid dienone is 3. The zero-order chi connectivity index (χ0) is 23.7. The highest BCUT2D eigenvalue weighted by Crippen LogP contribution is 2.66. The van der Waals surface area contributed by atoms with Gasteiger partial charge in [0.1, 0.15) is 6.33 Å². The zero-order valence-electron chi connectivity index (χ0n) is 21.6. The molecule has 4 aliphatic rings. The second kappa shape index (κ2) is 7.75. The molecular formula is C31H40N2O. The van der Waals surface area contributed by atoms with Crippen molar-refractivity contribution < 1.29 is 4.74 Å². The zero-order valence-corrected chi connectivity index (χ0v) is 21.6. The van der Waals surface area contributed by atoms with Crippen LogP contribution in [0.4, 0.5) is 0 Å². The first-order valence-electron chi connectivity index (χ1n) is 13.5. The number of nitrogens with zero attached hydrogens (tertiary/aromatic N) is 2. The van der Waals surface area contributed by atoms with Crippen LogP contribution in [0.5, 0.6) is 0 Å². The van der Waals surface area contributed by atoms with Gasteiger partial charge in [-0.05, 0) is 118 Å². The Bertz CT molecular complexity index is 1170. The summed E-state index contributed by atoms with van der Waals surface area (Å²) in [5.74, 6) is 2.37. The van der Waals surface area contributed by atoms with E-state index in [1.165, 1.54) is 44.1 Å². The summed E-state index contributed by atoms with van der Waals surface area (Å²) < 4.78 is 6.43. The van der Waals surface area contributed by atoms with Gasteiger partial charge in [-0.2, -0.15) is 0 Å². The lowest BCUT2D eigenvalue weighted by Crippen LogP contribution is -2.50. The van der Waals surface area contributed by atoms with Crippen molar-refractivity contribution in [3.05, 3.63) is 54.0 Å². The number of aromatic nitrogens is 2. The molecule has 6 atom stereocenters. The smallest absolute Gasteiger partial charge is 0.116 e. The summed E-state index contributed by atoms with van der Waals surface area (Å²) in [6, 6.07) is 6.78. The Labute approximate surface area is 205 Å². The molecule has 0 amide bonds. The third kappa shape index (κ3) is 3.49. The third-order valence-corrected chi connectivity index (χ3v) is 9.98. The van der Waals surface area contributed by atoms with E-state index in [0.29, 0.717) is 11.5 Å². The maximum Gasteiger partial charge on any atom is 0.116 e. The van der Waals surface area contributed by atoms with Crippen LogP contribution in [0.3, 0.4) is 0 Å². The van der Waals surface area contributed by atoms with E-state index in [4.69, 9.17) is 4.74 Å². The maximum atomic E-state index is 6.43. The van der Waals surface area contributed by atoms with E-state index >= 15 is 0 Å². The van der Waals surface area contributed by atoms with Crippen molar-refractivity contribution in [3.63, 3.8) is 0 Å². The molecule has 0 radical (unpaired) electrons. The van der Waals surface area contributed by atoms with Gasteiger partial charge in [-0.25, -0.2) is 9.97 Å². The molecule has 6 rings (SSSR count). The highest BCUT2D eigenvalue weighted by Gasteiger charge is 2.57. The molecule has 34 heavy (non-hydrogen) atoms. The number of fused-ring (bicyclic) bond motifs is 6. The molecule has 4 aliphatic carbocycles. The highest BCUT2D eigenvalue weighted by molar-refractivity contribution is 5.84. The van der Waals surface area contributed by atoms with Crippen LogP contribution in [0.2, 0.25) is 0 Å². The minimum Gasteiger partial charge on any atom is -0.372 e. The van der Waals surface area contributed by atoms with Crippen LogP contribution in [0, 0.1) is 28.6 Å². The van der Waals surface area contributed by atoms with Gasteiger partial charge in [0.25, 0.3) is 0 Å². The Morgan fingerprint density at radius 2 is 1.79 bits per heavy atom. The summed E-state index contributed by atoms with van der Waals surface area (Å²) in [7, 11) is 0. The fourth-order valence-corrected chi connectivity index (χ4v) is 8.40. The van der Waals surface area contributed by atoms with E-state index in [2.05, 4.69) is 74.9 Å². The van der Waals surface area contributed by atoms with E-state index in [0.717, 1.165) is 35.1 Å². The van der Waals surface area contributed by atoms with Crippen LogP contribution in [-0.4, -0.2) is 21.7 Å². The number of hydrogen-bond donors (Lipinski definition) is 0. The van der Waals surface area contributed by atoms with Crippen LogP contribution in [0.15, 0.2) is 48.4 Å². The quantitative estimate of drug-likeness (QED) is 0.433. The van der Waals surface area contributed by atoms with Crippen molar-refractivity contribution in [1.29, 1.82) is 0 Å². The molecular weight excluding hydrogens is 416 g/mol. The molecule has 2 aromatic rings. The second-order valence-corrected chi connectivity index (χ2v) is 13.0. The Morgan fingerprint density at radius 1 is 0.971 bits per heavy atom. The van der Waals surface area contributed by atoms with Crippen LogP contribution in [0.1, 0.15) is 85.1 Å². The predicted molar refractivity (Wildman–Crippen MR) is 139 cm³/mol. The van der Waals surface area contributed by atoms with E-state index in [1.807, 2.05) is 6.20 Å². The van der Waals surface area contributed by atoms with E-state index in [-0.39, 0.29) is 11.0 Å². The number of benzene rings is 1. The largest absolute Gasteiger partial charge is 0.372 e. The Morgan fingerprint density at radius 3 is 2.62 bits per heavy atom. The topological polar surface area (TPSA) is 35.0 Å². The van der Waals surface area contributed by atoms with E-state index in [9.17, 15) is 0 Å². The number of ether oxygens (including phenoxy) is 1. The molecule has 2 saturated carbocycles. The van der Waals surface area contributed by atoms with Crippen molar-refractivity contribution in [2.45, 2.75) is 91.3 Å².